The average molecular weight is 1000 g/mol. The minimum absolute atomic E-state index is 0.00135. The molecule has 2 bridgehead atoms. The highest BCUT2D eigenvalue weighted by atomic mass is 15.1. The van der Waals surface area contributed by atoms with Gasteiger partial charge in [0.25, 0.3) is 0 Å². The van der Waals surface area contributed by atoms with E-state index >= 15 is 0 Å². The van der Waals surface area contributed by atoms with Gasteiger partial charge in [-0.2, -0.15) is 0 Å². The Hall–Kier alpha value is -9.92. The van der Waals surface area contributed by atoms with Gasteiger partial charge in [-0.05, 0) is 94.0 Å². The van der Waals surface area contributed by atoms with Crippen molar-refractivity contribution in [2.45, 2.75) is 38.5 Å². The summed E-state index contributed by atoms with van der Waals surface area (Å²) in [7, 11) is 0. The van der Waals surface area contributed by atoms with E-state index in [1.54, 1.807) is 0 Å². The Morgan fingerprint density at radius 2 is 0.679 bits per heavy atom. The molecule has 4 heterocycles. The van der Waals surface area contributed by atoms with Crippen molar-refractivity contribution in [3.05, 3.63) is 276 Å². The molecule has 0 spiro atoms. The summed E-state index contributed by atoms with van der Waals surface area (Å²) in [6, 6.07) is 81.8. The van der Waals surface area contributed by atoms with E-state index in [0.29, 0.717) is 11.6 Å². The fraction of sp³-hybridized carbons (Fsp3) is 0.0857. The van der Waals surface area contributed by atoms with Crippen molar-refractivity contribution >= 4 is 22.1 Å². The normalized spacial score (nSPS) is 14.1. The minimum Gasteiger partial charge on any atom is -0.296 e. The molecule has 8 nitrogen and oxygen atoms in total. The number of para-hydroxylation sites is 6. The predicted molar refractivity (Wildman–Crippen MR) is 313 cm³/mol. The van der Waals surface area contributed by atoms with Crippen molar-refractivity contribution in [3.8, 4) is 79.2 Å². The summed E-state index contributed by atoms with van der Waals surface area (Å²) >= 11 is 0. The first kappa shape index (κ1) is 45.5. The lowest BCUT2D eigenvalue weighted by Crippen LogP contribution is -2.27. The molecule has 4 aromatic heterocycles. The van der Waals surface area contributed by atoms with E-state index in [1.165, 1.54) is 33.4 Å². The Kier molecular flexibility index (Phi) is 10.7. The highest BCUT2D eigenvalue weighted by molar-refractivity contribution is 5.86. The highest BCUT2D eigenvalue weighted by Gasteiger charge is 2.41. The Bertz CT molecular complexity index is 4210. The molecule has 9 aromatic carbocycles. The maximum absolute atomic E-state index is 5.49. The van der Waals surface area contributed by atoms with Gasteiger partial charge in [0.15, 0.2) is 11.6 Å². The zero-order valence-corrected chi connectivity index (χ0v) is 43.1. The molecule has 0 N–H and O–H groups in total. The summed E-state index contributed by atoms with van der Waals surface area (Å²) in [6.45, 7) is 4.33. The van der Waals surface area contributed by atoms with E-state index in [4.69, 9.17) is 29.9 Å². The molecule has 0 radical (unpaired) electrons. The molecule has 8 heteroatoms. The summed E-state index contributed by atoms with van der Waals surface area (Å²) in [4.78, 5) is 31.8. The van der Waals surface area contributed by atoms with Crippen LogP contribution in [0.4, 0.5) is 0 Å². The second-order valence-electron chi connectivity index (χ2n) is 20.3. The number of rotatable bonds is 10. The van der Waals surface area contributed by atoms with Gasteiger partial charge in [0, 0.05) is 58.1 Å². The van der Waals surface area contributed by atoms with Gasteiger partial charge in [0.2, 0.25) is 0 Å². The average Bonchev–Trinajstić information content (AvgIpc) is 4.23. The van der Waals surface area contributed by atoms with Crippen LogP contribution in [0.5, 0.6) is 0 Å². The van der Waals surface area contributed by atoms with Crippen molar-refractivity contribution in [3.63, 3.8) is 0 Å². The highest BCUT2D eigenvalue weighted by Crippen LogP contribution is 2.57. The first-order chi connectivity index (χ1) is 38.6. The summed E-state index contributed by atoms with van der Waals surface area (Å²) in [5.74, 6) is 3.37. The molecular formula is C70H50N8. The maximum Gasteiger partial charge on any atom is 0.160 e. The van der Waals surface area contributed by atoms with Crippen LogP contribution in [0.15, 0.2) is 231 Å². The zero-order chi connectivity index (χ0) is 51.8. The zero-order valence-electron chi connectivity index (χ0n) is 43.1. The van der Waals surface area contributed by atoms with Gasteiger partial charge in [-0.3, -0.25) is 9.13 Å². The standard InChI is InChI=1S/C70H50N8/c1-3-65-71-55-29-15-19-33-63(55)77(65)61-31-17-13-27-51(61)59-41-57(43-21-7-5-8-22-43)73-69(75-59)45-35-37-49-53(39-45)67-47-25-11-12-26-48(47)68(49)54-40-46(36-38-50(54)67)70-74-58(44-23-9-6-10-24-44)42-60(76-70)52-28-14-18-32-62(52)78-64-34-20-16-30-56(64)72-66(78)4-2/h5-42,67-68H,3-4H2,1-2H3/t67-,68?/m1/s1. The monoisotopic (exact) mass is 1000 g/mol. The lowest BCUT2D eigenvalue weighted by molar-refractivity contribution is 0.754. The van der Waals surface area contributed by atoms with Crippen LogP contribution < -0.4 is 0 Å². The van der Waals surface area contributed by atoms with Gasteiger partial charge in [-0.1, -0.05) is 184 Å². The summed E-state index contributed by atoms with van der Waals surface area (Å²) in [5, 5.41) is 0. The summed E-state index contributed by atoms with van der Waals surface area (Å²) < 4.78 is 4.59. The van der Waals surface area contributed by atoms with Crippen LogP contribution in [0.2, 0.25) is 0 Å². The molecule has 78 heavy (non-hydrogen) atoms. The van der Waals surface area contributed by atoms with E-state index in [1.807, 2.05) is 12.1 Å². The van der Waals surface area contributed by atoms with Gasteiger partial charge in [0.1, 0.15) is 11.6 Å². The number of aromatic nitrogens is 8. The first-order valence-electron chi connectivity index (χ1n) is 27.0. The molecule has 0 fully saturated rings. The van der Waals surface area contributed by atoms with Gasteiger partial charge in [-0.25, -0.2) is 29.9 Å². The molecule has 0 aliphatic heterocycles. The van der Waals surface area contributed by atoms with Gasteiger partial charge in [-0.15, -0.1) is 0 Å². The molecule has 16 rings (SSSR count). The molecule has 3 aliphatic rings. The van der Waals surface area contributed by atoms with Gasteiger partial charge >= 0.3 is 0 Å². The SMILES string of the molecule is CCc1nc2ccccc2n1-c1ccccc1-c1cc(-c2ccccc2)nc(-c2ccc3c(c2)C2c4ccccc4[C@H]3c3cc(-c4nc(-c5ccccc5)cc(-c5ccccc5-n5c(CC)nc6ccccc65)n4)ccc32)n1. The van der Waals surface area contributed by atoms with Crippen LogP contribution in [0.1, 0.15) is 70.7 Å². The van der Waals surface area contributed by atoms with Crippen LogP contribution in [0.3, 0.4) is 0 Å². The number of hydrogen-bond acceptors (Lipinski definition) is 6. The van der Waals surface area contributed by atoms with Gasteiger partial charge in [0.05, 0.1) is 56.2 Å². The number of benzene rings is 9. The third-order valence-corrected chi connectivity index (χ3v) is 15.9. The van der Waals surface area contributed by atoms with E-state index < -0.39 is 0 Å². The minimum atomic E-state index is 0.00135. The Morgan fingerprint density at radius 1 is 0.308 bits per heavy atom. The van der Waals surface area contributed by atoms with Crippen molar-refractivity contribution in [1.82, 2.24) is 39.0 Å². The fourth-order valence-electron chi connectivity index (χ4n) is 12.4. The van der Waals surface area contributed by atoms with Crippen LogP contribution in [0.25, 0.3) is 101 Å². The smallest absolute Gasteiger partial charge is 0.160 e. The maximum atomic E-state index is 5.49. The number of aryl methyl sites for hydroxylation is 2. The molecular weight excluding hydrogens is 953 g/mol. The number of fused-ring (bicyclic) bond motifs is 2. The van der Waals surface area contributed by atoms with Crippen LogP contribution >= 0.6 is 0 Å². The molecule has 1 unspecified atom stereocenters. The van der Waals surface area contributed by atoms with E-state index in [9.17, 15) is 0 Å². The summed E-state index contributed by atoms with van der Waals surface area (Å²) in [5.41, 5.74) is 23.5. The van der Waals surface area contributed by atoms with Crippen LogP contribution in [-0.4, -0.2) is 39.0 Å². The quantitative estimate of drug-likeness (QED) is 0.136. The topological polar surface area (TPSA) is 87.2 Å². The predicted octanol–water partition coefficient (Wildman–Crippen LogP) is 16.1. The van der Waals surface area contributed by atoms with Gasteiger partial charge < -0.3 is 0 Å². The number of imidazole rings is 2. The molecule has 0 amide bonds. The van der Waals surface area contributed by atoms with Crippen molar-refractivity contribution in [2.75, 3.05) is 0 Å². The Balaban J connectivity index is 0.864. The van der Waals surface area contributed by atoms with Crippen molar-refractivity contribution in [1.29, 1.82) is 0 Å². The molecule has 2 atom stereocenters. The summed E-state index contributed by atoms with van der Waals surface area (Å²) in [6.07, 6.45) is 1.57. The Morgan fingerprint density at radius 3 is 1.13 bits per heavy atom. The molecule has 3 aliphatic carbocycles. The fourth-order valence-corrected chi connectivity index (χ4v) is 12.4. The largest absolute Gasteiger partial charge is 0.296 e. The van der Waals surface area contributed by atoms with Crippen LogP contribution in [-0.2, 0) is 12.8 Å². The number of hydrogen-bond donors (Lipinski definition) is 0. The third-order valence-electron chi connectivity index (χ3n) is 15.9. The second-order valence-corrected chi connectivity index (χ2v) is 20.3. The molecule has 13 aromatic rings. The Labute approximate surface area is 452 Å². The van der Waals surface area contributed by atoms with E-state index in [2.05, 4.69) is 241 Å². The molecule has 0 saturated carbocycles. The van der Waals surface area contributed by atoms with Crippen molar-refractivity contribution < 1.29 is 0 Å². The van der Waals surface area contributed by atoms with E-state index in [0.717, 1.165) is 114 Å². The third kappa shape index (κ3) is 7.35. The van der Waals surface area contributed by atoms with Crippen molar-refractivity contribution in [2.24, 2.45) is 0 Å². The first-order valence-corrected chi connectivity index (χ1v) is 27.0. The lowest BCUT2D eigenvalue weighted by atomic mass is 9.61. The van der Waals surface area contributed by atoms with Crippen LogP contribution in [0, 0.1) is 0 Å². The van der Waals surface area contributed by atoms with E-state index in [-0.39, 0.29) is 11.8 Å². The molecule has 370 valence electrons. The number of nitrogens with zero attached hydrogens (tertiary/aromatic N) is 8. The molecule has 0 saturated heterocycles. The lowest BCUT2D eigenvalue weighted by Gasteiger charge is -2.42. The second kappa shape index (κ2) is 18.4.